The zero-order valence-corrected chi connectivity index (χ0v) is 13.5. The minimum absolute atomic E-state index is 0.325. The molecule has 5 heteroatoms. The molecule has 0 amide bonds. The molecule has 1 aliphatic rings. The highest BCUT2D eigenvalue weighted by Gasteiger charge is 2.44. The number of rotatable bonds is 5. The number of nitrogens with one attached hydrogen (secondary N) is 1. The largest absolute Gasteiger partial charge is 0.387 e. The fraction of sp³-hybridized carbons (Fsp3) is 0.438. The maximum absolute atomic E-state index is 10.6. The third-order valence-electron chi connectivity index (χ3n) is 4.08. The van der Waals surface area contributed by atoms with E-state index in [2.05, 4.69) is 17.2 Å². The molecule has 3 rings (SSSR count). The Morgan fingerprint density at radius 3 is 3.00 bits per heavy atom. The molecule has 1 aromatic carbocycles. The van der Waals surface area contributed by atoms with Gasteiger partial charge >= 0.3 is 0 Å². The first kappa shape index (κ1) is 14.9. The van der Waals surface area contributed by atoms with Gasteiger partial charge in [0.15, 0.2) is 0 Å². The van der Waals surface area contributed by atoms with E-state index in [1.807, 2.05) is 42.1 Å². The molecule has 3 nitrogen and oxygen atoms in total. The van der Waals surface area contributed by atoms with E-state index in [1.165, 1.54) is 0 Å². The topological polar surface area (TPSA) is 45.1 Å². The minimum atomic E-state index is -0.625. The standard InChI is InChI=1S/C16H19ClN2OS/c1-2-21-13-7-8-16(13,20)10-18-14-9-11-5-3-4-6-12(11)15(17)19-14/h3-6,9,13,20H,2,7-8,10H2,1H3,(H,18,19). The second-order valence-corrected chi connectivity index (χ2v) is 7.30. The molecule has 112 valence electrons. The zero-order chi connectivity index (χ0) is 14.9. The lowest BCUT2D eigenvalue weighted by Gasteiger charge is -2.45. The Kier molecular flexibility index (Phi) is 4.29. The fourth-order valence-corrected chi connectivity index (χ4v) is 4.19. The smallest absolute Gasteiger partial charge is 0.139 e. The van der Waals surface area contributed by atoms with Gasteiger partial charge in [-0.15, -0.1) is 0 Å². The lowest BCUT2D eigenvalue weighted by Crippen LogP contribution is -2.54. The third-order valence-corrected chi connectivity index (χ3v) is 5.77. The van der Waals surface area contributed by atoms with E-state index >= 15 is 0 Å². The van der Waals surface area contributed by atoms with Gasteiger partial charge in [-0.1, -0.05) is 42.8 Å². The van der Waals surface area contributed by atoms with Crippen LogP contribution < -0.4 is 5.32 Å². The van der Waals surface area contributed by atoms with Crippen molar-refractivity contribution in [2.24, 2.45) is 0 Å². The highest BCUT2D eigenvalue weighted by Crippen LogP contribution is 2.41. The van der Waals surface area contributed by atoms with E-state index in [-0.39, 0.29) is 0 Å². The molecule has 1 aromatic heterocycles. The summed E-state index contributed by atoms with van der Waals surface area (Å²) in [4.78, 5) is 4.37. The molecular formula is C16H19ClN2OS. The summed E-state index contributed by atoms with van der Waals surface area (Å²) in [5.74, 6) is 1.76. The highest BCUT2D eigenvalue weighted by atomic mass is 35.5. The normalized spacial score (nSPS) is 24.8. The minimum Gasteiger partial charge on any atom is -0.387 e. The van der Waals surface area contributed by atoms with Crippen LogP contribution >= 0.6 is 23.4 Å². The average Bonchev–Trinajstić information content (AvgIpc) is 2.49. The molecule has 0 radical (unpaired) electrons. The van der Waals surface area contributed by atoms with Crippen molar-refractivity contribution in [3.05, 3.63) is 35.5 Å². The SMILES string of the molecule is CCSC1CCC1(O)CNc1cc2ccccc2c(Cl)n1. The van der Waals surface area contributed by atoms with Crippen molar-refractivity contribution in [3.63, 3.8) is 0 Å². The molecule has 2 unspecified atom stereocenters. The maximum atomic E-state index is 10.6. The van der Waals surface area contributed by atoms with Gasteiger partial charge in [-0.2, -0.15) is 11.8 Å². The van der Waals surface area contributed by atoms with E-state index in [0.29, 0.717) is 16.9 Å². The quantitative estimate of drug-likeness (QED) is 0.818. The first-order valence-electron chi connectivity index (χ1n) is 7.25. The number of pyridine rings is 1. The number of hydrogen-bond donors (Lipinski definition) is 2. The highest BCUT2D eigenvalue weighted by molar-refractivity contribution is 8.00. The van der Waals surface area contributed by atoms with Gasteiger partial charge in [-0.25, -0.2) is 4.98 Å². The number of fused-ring (bicyclic) bond motifs is 1. The molecule has 0 spiro atoms. The van der Waals surface area contributed by atoms with Crippen LogP contribution in [0.5, 0.6) is 0 Å². The molecule has 2 atom stereocenters. The van der Waals surface area contributed by atoms with Crippen molar-refractivity contribution >= 4 is 40.0 Å². The van der Waals surface area contributed by atoms with Crippen molar-refractivity contribution < 1.29 is 5.11 Å². The molecule has 1 fully saturated rings. The maximum Gasteiger partial charge on any atom is 0.139 e. The molecular weight excluding hydrogens is 304 g/mol. The fourth-order valence-electron chi connectivity index (χ4n) is 2.73. The summed E-state index contributed by atoms with van der Waals surface area (Å²) in [5, 5.41) is 16.7. The average molecular weight is 323 g/mol. The van der Waals surface area contributed by atoms with Crippen molar-refractivity contribution in [3.8, 4) is 0 Å². The van der Waals surface area contributed by atoms with Crippen LogP contribution in [0.3, 0.4) is 0 Å². The van der Waals surface area contributed by atoms with E-state index in [9.17, 15) is 5.11 Å². The van der Waals surface area contributed by atoms with Crippen LogP contribution in [0.15, 0.2) is 30.3 Å². The Balaban J connectivity index is 1.74. The van der Waals surface area contributed by atoms with Crippen LogP contribution in [0.25, 0.3) is 10.8 Å². The van der Waals surface area contributed by atoms with Crippen molar-refractivity contribution in [1.29, 1.82) is 0 Å². The van der Waals surface area contributed by atoms with Gasteiger partial charge in [-0.05, 0) is 30.0 Å². The van der Waals surface area contributed by atoms with Gasteiger partial charge in [-0.3, -0.25) is 0 Å². The molecule has 2 aromatic rings. The summed E-state index contributed by atoms with van der Waals surface area (Å²) in [6.07, 6.45) is 1.93. The van der Waals surface area contributed by atoms with Crippen LogP contribution in [0.1, 0.15) is 19.8 Å². The van der Waals surface area contributed by atoms with E-state index < -0.39 is 5.60 Å². The predicted molar refractivity (Wildman–Crippen MR) is 91.3 cm³/mol. The predicted octanol–water partition coefficient (Wildman–Crippen LogP) is 3.95. The number of thioether (sulfide) groups is 1. The third kappa shape index (κ3) is 2.98. The molecule has 0 bridgehead atoms. The van der Waals surface area contributed by atoms with Gasteiger partial charge in [0, 0.05) is 17.2 Å². The van der Waals surface area contributed by atoms with Crippen LogP contribution in [-0.4, -0.2) is 33.2 Å². The second-order valence-electron chi connectivity index (χ2n) is 5.46. The van der Waals surface area contributed by atoms with Crippen molar-refractivity contribution in [2.75, 3.05) is 17.6 Å². The molecule has 21 heavy (non-hydrogen) atoms. The van der Waals surface area contributed by atoms with Crippen molar-refractivity contribution in [2.45, 2.75) is 30.6 Å². The summed E-state index contributed by atoms with van der Waals surface area (Å²) in [6.45, 7) is 2.65. The summed E-state index contributed by atoms with van der Waals surface area (Å²) in [5.41, 5.74) is -0.625. The van der Waals surface area contributed by atoms with Gasteiger partial charge in [0.1, 0.15) is 11.0 Å². The van der Waals surface area contributed by atoms with Crippen LogP contribution in [0.4, 0.5) is 5.82 Å². The first-order valence-corrected chi connectivity index (χ1v) is 8.68. The molecule has 1 aliphatic carbocycles. The van der Waals surface area contributed by atoms with Crippen LogP contribution in [0, 0.1) is 0 Å². The van der Waals surface area contributed by atoms with E-state index in [0.717, 1.165) is 35.2 Å². The number of halogens is 1. The molecule has 1 heterocycles. The van der Waals surface area contributed by atoms with Crippen molar-refractivity contribution in [1.82, 2.24) is 4.98 Å². The van der Waals surface area contributed by atoms with Gasteiger partial charge < -0.3 is 10.4 Å². The Morgan fingerprint density at radius 1 is 1.48 bits per heavy atom. The monoisotopic (exact) mass is 322 g/mol. The Labute approximate surface area is 134 Å². The number of hydrogen-bond acceptors (Lipinski definition) is 4. The molecule has 2 N–H and O–H groups in total. The van der Waals surface area contributed by atoms with Crippen LogP contribution in [-0.2, 0) is 0 Å². The van der Waals surface area contributed by atoms with Gasteiger partial charge in [0.05, 0.1) is 5.60 Å². The molecule has 1 saturated carbocycles. The van der Waals surface area contributed by atoms with Crippen LogP contribution in [0.2, 0.25) is 5.15 Å². The van der Waals surface area contributed by atoms with E-state index in [1.54, 1.807) is 0 Å². The number of benzene rings is 1. The Hall–Kier alpha value is -0.970. The molecule has 0 saturated heterocycles. The first-order chi connectivity index (χ1) is 10.1. The number of nitrogens with zero attached hydrogens (tertiary/aromatic N) is 1. The van der Waals surface area contributed by atoms with Gasteiger partial charge in [0.25, 0.3) is 0 Å². The summed E-state index contributed by atoms with van der Waals surface area (Å²) in [7, 11) is 0. The number of aromatic nitrogens is 1. The lowest BCUT2D eigenvalue weighted by atomic mass is 9.79. The Bertz CT molecular complexity index is 651. The number of anilines is 1. The lowest BCUT2D eigenvalue weighted by molar-refractivity contribution is -0.0120. The second kappa shape index (κ2) is 6.03. The van der Waals surface area contributed by atoms with Gasteiger partial charge in [0.2, 0.25) is 0 Å². The zero-order valence-electron chi connectivity index (χ0n) is 12.0. The number of aliphatic hydroxyl groups is 1. The van der Waals surface area contributed by atoms with E-state index in [4.69, 9.17) is 11.6 Å². The summed E-state index contributed by atoms with van der Waals surface area (Å²) in [6, 6.07) is 9.89. The Morgan fingerprint density at radius 2 is 2.29 bits per heavy atom. The summed E-state index contributed by atoms with van der Waals surface area (Å²) < 4.78 is 0. The molecule has 0 aliphatic heterocycles. The summed E-state index contributed by atoms with van der Waals surface area (Å²) >= 11 is 8.05.